The van der Waals surface area contributed by atoms with Crippen molar-refractivity contribution in [3.63, 3.8) is 0 Å². The van der Waals surface area contributed by atoms with Gasteiger partial charge in [-0.25, -0.2) is 4.98 Å². The van der Waals surface area contributed by atoms with Gasteiger partial charge in [-0.15, -0.1) is 11.3 Å². The maximum absolute atomic E-state index is 12.9. The summed E-state index contributed by atoms with van der Waals surface area (Å²) in [5.74, 6) is -1.06. The number of esters is 1. The number of anilines is 1. The van der Waals surface area contributed by atoms with Crippen LogP contribution in [0.3, 0.4) is 0 Å². The molecule has 1 unspecified atom stereocenters. The molecule has 1 N–H and O–H groups in total. The van der Waals surface area contributed by atoms with Crippen molar-refractivity contribution in [1.82, 2.24) is 9.55 Å². The molecule has 2 aromatic heterocycles. The van der Waals surface area contributed by atoms with E-state index in [1.165, 1.54) is 18.3 Å². The van der Waals surface area contributed by atoms with Crippen LogP contribution >= 0.6 is 11.3 Å². The Hall–Kier alpha value is -4.30. The highest BCUT2D eigenvalue weighted by Gasteiger charge is 2.21. The van der Waals surface area contributed by atoms with E-state index in [0.717, 1.165) is 11.3 Å². The smallest absolute Gasteiger partial charge is 0.326 e. The van der Waals surface area contributed by atoms with E-state index in [0.29, 0.717) is 26.9 Å². The van der Waals surface area contributed by atoms with E-state index in [-0.39, 0.29) is 12.0 Å². The maximum atomic E-state index is 12.9. The van der Waals surface area contributed by atoms with E-state index in [2.05, 4.69) is 10.3 Å². The number of nitrogens with zero attached hydrogens (tertiary/aromatic N) is 2. The lowest BCUT2D eigenvalue weighted by atomic mass is 10.1. The molecule has 0 saturated carbocycles. The molecular weight excluding hydrogens is 462 g/mol. The summed E-state index contributed by atoms with van der Waals surface area (Å²) < 4.78 is 7.18. The van der Waals surface area contributed by atoms with Gasteiger partial charge in [-0.1, -0.05) is 54.6 Å². The van der Waals surface area contributed by atoms with Gasteiger partial charge in [0.25, 0.3) is 5.91 Å². The minimum absolute atomic E-state index is 0.0908. The zero-order valence-corrected chi connectivity index (χ0v) is 19.6. The molecule has 1 atom stereocenters. The van der Waals surface area contributed by atoms with E-state index >= 15 is 0 Å². The zero-order valence-electron chi connectivity index (χ0n) is 18.8. The Kier molecular flexibility index (Phi) is 6.12. The summed E-state index contributed by atoms with van der Waals surface area (Å²) in [6.07, 6.45) is -1.02. The molecule has 0 spiro atoms. The SMILES string of the molecule is CC(OC(=O)Cn1c2ccccc2c(=O)c2ccccc21)C(=O)Nc1nc(-c2ccccc2)cs1. The van der Waals surface area contributed by atoms with Crippen LogP contribution in [0, 0.1) is 0 Å². The van der Waals surface area contributed by atoms with Crippen molar-refractivity contribution >= 4 is 50.2 Å². The summed E-state index contributed by atoms with van der Waals surface area (Å²) in [4.78, 5) is 42.8. The van der Waals surface area contributed by atoms with Crippen LogP contribution in [0.25, 0.3) is 33.1 Å². The molecule has 0 bridgehead atoms. The normalized spacial score (nSPS) is 11.9. The van der Waals surface area contributed by atoms with Gasteiger partial charge in [-0.3, -0.25) is 19.7 Å². The lowest BCUT2D eigenvalue weighted by molar-refractivity contribution is -0.153. The van der Waals surface area contributed by atoms with Crippen LogP contribution < -0.4 is 10.7 Å². The minimum Gasteiger partial charge on any atom is -0.451 e. The average molecular weight is 484 g/mol. The number of rotatable bonds is 6. The van der Waals surface area contributed by atoms with Crippen molar-refractivity contribution in [3.8, 4) is 11.3 Å². The number of amides is 1. The lowest BCUT2D eigenvalue weighted by Gasteiger charge is -2.16. The van der Waals surface area contributed by atoms with Gasteiger partial charge in [-0.05, 0) is 31.2 Å². The van der Waals surface area contributed by atoms with Gasteiger partial charge >= 0.3 is 5.97 Å². The first-order valence-corrected chi connectivity index (χ1v) is 11.9. The highest BCUT2D eigenvalue weighted by atomic mass is 32.1. The van der Waals surface area contributed by atoms with E-state index < -0.39 is 18.0 Å². The fraction of sp³-hybridized carbons (Fsp3) is 0.111. The summed E-state index contributed by atoms with van der Waals surface area (Å²) in [5, 5.41) is 6.02. The summed E-state index contributed by atoms with van der Waals surface area (Å²) in [6, 6.07) is 23.9. The number of benzene rings is 3. The van der Waals surface area contributed by atoms with E-state index in [1.807, 2.05) is 47.8 Å². The molecule has 0 aliphatic carbocycles. The number of ether oxygens (including phenoxy) is 1. The third-order valence-electron chi connectivity index (χ3n) is 5.65. The van der Waals surface area contributed by atoms with Crippen molar-refractivity contribution < 1.29 is 14.3 Å². The third kappa shape index (κ3) is 4.56. The van der Waals surface area contributed by atoms with Crippen molar-refractivity contribution in [2.75, 3.05) is 5.32 Å². The van der Waals surface area contributed by atoms with Crippen LogP contribution in [0.4, 0.5) is 5.13 Å². The summed E-state index contributed by atoms with van der Waals surface area (Å²) in [6.45, 7) is 1.37. The first-order valence-electron chi connectivity index (χ1n) is 11.0. The third-order valence-corrected chi connectivity index (χ3v) is 6.41. The van der Waals surface area contributed by atoms with Gasteiger partial charge in [0.2, 0.25) is 0 Å². The van der Waals surface area contributed by atoms with Crippen molar-refractivity contribution in [2.24, 2.45) is 0 Å². The van der Waals surface area contributed by atoms with Gasteiger partial charge in [-0.2, -0.15) is 0 Å². The largest absolute Gasteiger partial charge is 0.451 e. The Labute approximate surface area is 204 Å². The summed E-state index contributed by atoms with van der Waals surface area (Å²) >= 11 is 1.30. The van der Waals surface area contributed by atoms with Crippen molar-refractivity contribution in [1.29, 1.82) is 0 Å². The van der Waals surface area contributed by atoms with Gasteiger partial charge in [0.15, 0.2) is 16.7 Å². The topological polar surface area (TPSA) is 90.3 Å². The van der Waals surface area contributed by atoms with Crippen LogP contribution in [0.1, 0.15) is 6.92 Å². The molecule has 7 nitrogen and oxygen atoms in total. The van der Waals surface area contributed by atoms with E-state index in [9.17, 15) is 14.4 Å². The minimum atomic E-state index is -1.02. The fourth-order valence-electron chi connectivity index (χ4n) is 3.94. The average Bonchev–Trinajstić information content (AvgIpc) is 3.35. The lowest BCUT2D eigenvalue weighted by Crippen LogP contribution is -2.31. The number of pyridine rings is 1. The van der Waals surface area contributed by atoms with Crippen LogP contribution in [-0.2, 0) is 20.9 Å². The number of aromatic nitrogens is 2. The van der Waals surface area contributed by atoms with Gasteiger partial charge < -0.3 is 9.30 Å². The Morgan fingerprint density at radius 1 is 0.943 bits per heavy atom. The molecular formula is C27H21N3O4S. The monoisotopic (exact) mass is 483 g/mol. The van der Waals surface area contributed by atoms with Gasteiger partial charge in [0.05, 0.1) is 16.7 Å². The van der Waals surface area contributed by atoms with Gasteiger partial charge in [0, 0.05) is 21.7 Å². The molecule has 0 aliphatic heterocycles. The molecule has 8 heteroatoms. The zero-order chi connectivity index (χ0) is 24.4. The Bertz CT molecular complexity index is 1550. The highest BCUT2D eigenvalue weighted by Crippen LogP contribution is 2.25. The molecule has 5 aromatic rings. The molecule has 5 rings (SSSR count). The second-order valence-electron chi connectivity index (χ2n) is 7.97. The molecule has 0 fully saturated rings. The number of para-hydroxylation sites is 2. The Balaban J connectivity index is 1.32. The number of carbonyl (C=O) groups is 2. The second-order valence-corrected chi connectivity index (χ2v) is 8.83. The van der Waals surface area contributed by atoms with Crippen molar-refractivity contribution in [3.05, 3.63) is 94.5 Å². The number of hydrogen-bond donors (Lipinski definition) is 1. The molecule has 3 aromatic carbocycles. The summed E-state index contributed by atoms with van der Waals surface area (Å²) in [5.41, 5.74) is 2.87. The van der Waals surface area contributed by atoms with Crippen molar-refractivity contribution in [2.45, 2.75) is 19.6 Å². The predicted octanol–water partition coefficient (Wildman–Crippen LogP) is 4.85. The number of fused-ring (bicyclic) bond motifs is 2. The number of thiazole rings is 1. The van der Waals surface area contributed by atoms with Crippen LogP contribution in [-0.4, -0.2) is 27.5 Å². The maximum Gasteiger partial charge on any atom is 0.326 e. The molecule has 0 aliphatic rings. The van der Waals surface area contributed by atoms with Crippen LogP contribution in [0.5, 0.6) is 0 Å². The second kappa shape index (κ2) is 9.52. The fourth-order valence-corrected chi connectivity index (χ4v) is 4.67. The number of carbonyl (C=O) groups excluding carboxylic acids is 2. The molecule has 2 heterocycles. The standard InChI is InChI=1S/C27H21N3O4S/c1-17(26(33)29-27-28-21(16-35-27)18-9-3-2-4-10-18)34-24(31)15-30-22-13-7-5-11-19(22)25(32)20-12-6-8-14-23(20)30/h2-14,16-17H,15H2,1H3,(H,28,29,33). The first kappa shape index (κ1) is 22.5. The van der Waals surface area contributed by atoms with Crippen LogP contribution in [0.2, 0.25) is 0 Å². The quantitative estimate of drug-likeness (QED) is 0.275. The van der Waals surface area contributed by atoms with E-state index in [4.69, 9.17) is 4.74 Å². The number of nitrogens with one attached hydrogen (secondary N) is 1. The van der Waals surface area contributed by atoms with Crippen LogP contribution in [0.15, 0.2) is 89.0 Å². The molecule has 0 radical (unpaired) electrons. The highest BCUT2D eigenvalue weighted by molar-refractivity contribution is 7.14. The first-order chi connectivity index (χ1) is 17.0. The Morgan fingerprint density at radius 2 is 1.54 bits per heavy atom. The predicted molar refractivity (Wildman–Crippen MR) is 137 cm³/mol. The molecule has 0 saturated heterocycles. The molecule has 174 valence electrons. The molecule has 1 amide bonds. The molecule has 35 heavy (non-hydrogen) atoms. The Morgan fingerprint density at radius 3 is 2.20 bits per heavy atom. The number of hydrogen-bond acceptors (Lipinski definition) is 6. The summed E-state index contributed by atoms with van der Waals surface area (Å²) in [7, 11) is 0. The van der Waals surface area contributed by atoms with E-state index in [1.54, 1.807) is 41.0 Å². The van der Waals surface area contributed by atoms with Gasteiger partial charge in [0.1, 0.15) is 6.54 Å².